The Bertz CT molecular complexity index is 555. The molecule has 1 aliphatic heterocycles. The van der Waals surface area contributed by atoms with Gasteiger partial charge in [-0.15, -0.1) is 0 Å². The number of carbonyl (C=O) groups is 2. The summed E-state index contributed by atoms with van der Waals surface area (Å²) in [6.45, 7) is 5.34. The number of nitrogens with zero attached hydrogens (tertiary/aromatic N) is 1. The highest BCUT2D eigenvalue weighted by molar-refractivity contribution is 5.83. The molecular formula is C17H22FNO4. The highest BCUT2D eigenvalue weighted by atomic mass is 19.1. The van der Waals surface area contributed by atoms with Gasteiger partial charge in [-0.2, -0.15) is 0 Å². The molecule has 1 heterocycles. The summed E-state index contributed by atoms with van der Waals surface area (Å²) in [6, 6.07) is 7.87. The average molecular weight is 323 g/mol. The molecule has 1 amide bonds. The van der Waals surface area contributed by atoms with E-state index in [2.05, 4.69) is 0 Å². The Morgan fingerprint density at radius 3 is 2.52 bits per heavy atom. The lowest BCUT2D eigenvalue weighted by atomic mass is 10.2. The van der Waals surface area contributed by atoms with Crippen molar-refractivity contribution in [1.29, 1.82) is 0 Å². The molecule has 0 N–H and O–H groups in total. The number of halogens is 1. The number of likely N-dealkylation sites (tertiary alicyclic amines) is 1. The van der Waals surface area contributed by atoms with Crippen LogP contribution in [-0.2, 0) is 20.9 Å². The van der Waals surface area contributed by atoms with E-state index in [0.717, 1.165) is 10.5 Å². The molecule has 2 unspecified atom stereocenters. The second kappa shape index (κ2) is 6.98. The molecule has 0 spiro atoms. The van der Waals surface area contributed by atoms with Crippen molar-refractivity contribution in [1.82, 2.24) is 4.90 Å². The van der Waals surface area contributed by atoms with Crippen LogP contribution in [-0.4, -0.2) is 41.3 Å². The number of rotatable bonds is 3. The third-order valence-corrected chi connectivity index (χ3v) is 3.42. The lowest BCUT2D eigenvalue weighted by Gasteiger charge is -2.27. The lowest BCUT2D eigenvalue weighted by molar-refractivity contribution is -0.151. The highest BCUT2D eigenvalue weighted by Gasteiger charge is 2.44. The Balaban J connectivity index is 1.99. The van der Waals surface area contributed by atoms with E-state index >= 15 is 0 Å². The van der Waals surface area contributed by atoms with Crippen molar-refractivity contribution >= 4 is 12.1 Å². The lowest BCUT2D eigenvalue weighted by Crippen LogP contribution is -2.46. The van der Waals surface area contributed by atoms with Crippen molar-refractivity contribution in [3.05, 3.63) is 35.9 Å². The maximum atomic E-state index is 14.1. The van der Waals surface area contributed by atoms with Gasteiger partial charge in [0.2, 0.25) is 0 Å². The van der Waals surface area contributed by atoms with E-state index in [0.29, 0.717) is 0 Å². The zero-order valence-electron chi connectivity index (χ0n) is 13.6. The van der Waals surface area contributed by atoms with Gasteiger partial charge < -0.3 is 9.47 Å². The van der Waals surface area contributed by atoms with Crippen molar-refractivity contribution in [2.24, 2.45) is 0 Å². The molecule has 0 bridgehead atoms. The van der Waals surface area contributed by atoms with Crippen LogP contribution in [0.25, 0.3) is 0 Å². The summed E-state index contributed by atoms with van der Waals surface area (Å²) >= 11 is 0. The number of hydrogen-bond acceptors (Lipinski definition) is 4. The number of carbonyl (C=O) groups excluding carboxylic acids is 2. The molecule has 5 nitrogen and oxygen atoms in total. The fourth-order valence-corrected chi connectivity index (χ4v) is 2.37. The second-order valence-corrected chi connectivity index (χ2v) is 6.52. The van der Waals surface area contributed by atoms with E-state index in [9.17, 15) is 14.0 Å². The van der Waals surface area contributed by atoms with Gasteiger partial charge in [-0.1, -0.05) is 30.3 Å². The van der Waals surface area contributed by atoms with E-state index in [1.807, 2.05) is 18.2 Å². The molecule has 2 atom stereocenters. The molecule has 1 aromatic rings. The van der Waals surface area contributed by atoms with Crippen LogP contribution in [0.3, 0.4) is 0 Å². The number of esters is 1. The molecule has 1 aromatic carbocycles. The maximum Gasteiger partial charge on any atom is 0.411 e. The topological polar surface area (TPSA) is 55.8 Å². The van der Waals surface area contributed by atoms with Gasteiger partial charge in [0.1, 0.15) is 18.4 Å². The van der Waals surface area contributed by atoms with Crippen LogP contribution in [0.1, 0.15) is 32.8 Å². The molecule has 2 rings (SSSR count). The first-order chi connectivity index (χ1) is 10.8. The summed E-state index contributed by atoms with van der Waals surface area (Å²) < 4.78 is 24.4. The van der Waals surface area contributed by atoms with Crippen LogP contribution >= 0.6 is 0 Å². The third kappa shape index (κ3) is 4.68. The minimum absolute atomic E-state index is 0.0467. The van der Waals surface area contributed by atoms with Gasteiger partial charge in [0, 0.05) is 6.54 Å². The Morgan fingerprint density at radius 2 is 1.91 bits per heavy atom. The van der Waals surface area contributed by atoms with Crippen molar-refractivity contribution in [2.75, 3.05) is 6.54 Å². The zero-order valence-corrected chi connectivity index (χ0v) is 13.6. The van der Waals surface area contributed by atoms with Gasteiger partial charge in [0.05, 0.1) is 0 Å². The quantitative estimate of drug-likeness (QED) is 0.802. The molecule has 0 aromatic heterocycles. The van der Waals surface area contributed by atoms with Gasteiger partial charge in [0.15, 0.2) is 6.04 Å². The number of amides is 1. The molecule has 1 saturated heterocycles. The van der Waals surface area contributed by atoms with Gasteiger partial charge in [-0.25, -0.2) is 14.0 Å². The molecule has 0 saturated carbocycles. The Morgan fingerprint density at radius 1 is 1.26 bits per heavy atom. The molecular weight excluding hydrogens is 301 g/mol. The molecule has 126 valence electrons. The summed E-state index contributed by atoms with van der Waals surface area (Å²) in [6.07, 6.45) is -2.03. The predicted octanol–water partition coefficient (Wildman–Crippen LogP) is 3.08. The molecule has 0 aliphatic carbocycles. The molecule has 1 aliphatic rings. The normalized spacial score (nSPS) is 21.1. The summed E-state index contributed by atoms with van der Waals surface area (Å²) in [5.74, 6) is -0.746. The van der Waals surface area contributed by atoms with Gasteiger partial charge in [-0.3, -0.25) is 4.90 Å². The van der Waals surface area contributed by atoms with Crippen molar-refractivity contribution in [3.8, 4) is 0 Å². The Labute approximate surface area is 135 Å². The van der Waals surface area contributed by atoms with Gasteiger partial charge in [0.25, 0.3) is 0 Å². The second-order valence-electron chi connectivity index (χ2n) is 6.52. The van der Waals surface area contributed by atoms with Crippen LogP contribution in [0.15, 0.2) is 30.3 Å². The smallest absolute Gasteiger partial charge is 0.411 e. The fraction of sp³-hybridized carbons (Fsp3) is 0.529. The fourth-order valence-electron chi connectivity index (χ4n) is 2.37. The minimum atomic E-state index is -1.44. The SMILES string of the molecule is CC(C)(C)OC(=O)N1CCC(F)C1C(=O)OCc1ccccc1. The molecule has 0 radical (unpaired) electrons. The summed E-state index contributed by atoms with van der Waals surface area (Å²) in [7, 11) is 0. The zero-order chi connectivity index (χ0) is 17.0. The number of alkyl halides is 1. The first-order valence-electron chi connectivity index (χ1n) is 7.62. The van der Waals surface area contributed by atoms with Gasteiger partial charge in [-0.05, 0) is 32.8 Å². The van der Waals surface area contributed by atoms with Crippen molar-refractivity contribution < 1.29 is 23.5 Å². The Kier molecular flexibility index (Phi) is 5.23. The van der Waals surface area contributed by atoms with Crippen molar-refractivity contribution in [2.45, 2.75) is 51.6 Å². The predicted molar refractivity (Wildman–Crippen MR) is 82.5 cm³/mol. The molecule has 1 fully saturated rings. The van der Waals surface area contributed by atoms with Crippen LogP contribution in [0.5, 0.6) is 0 Å². The number of ether oxygens (including phenoxy) is 2. The van der Waals surface area contributed by atoms with Crippen LogP contribution in [0, 0.1) is 0 Å². The maximum absolute atomic E-state index is 14.1. The number of benzene rings is 1. The molecule has 23 heavy (non-hydrogen) atoms. The van der Waals surface area contributed by atoms with E-state index < -0.39 is 29.9 Å². The summed E-state index contributed by atoms with van der Waals surface area (Å²) in [5.41, 5.74) is 0.0994. The third-order valence-electron chi connectivity index (χ3n) is 3.42. The van der Waals surface area contributed by atoms with E-state index in [-0.39, 0.29) is 19.6 Å². The van der Waals surface area contributed by atoms with Crippen LogP contribution in [0.2, 0.25) is 0 Å². The van der Waals surface area contributed by atoms with Crippen LogP contribution < -0.4 is 0 Å². The van der Waals surface area contributed by atoms with E-state index in [4.69, 9.17) is 9.47 Å². The summed E-state index contributed by atoms with van der Waals surface area (Å²) in [5, 5.41) is 0. The standard InChI is InChI=1S/C17H22FNO4/c1-17(2,3)23-16(21)19-10-9-13(18)14(19)15(20)22-11-12-7-5-4-6-8-12/h4-8,13-14H,9-11H2,1-3H3. The summed E-state index contributed by atoms with van der Waals surface area (Å²) in [4.78, 5) is 25.4. The van der Waals surface area contributed by atoms with Crippen molar-refractivity contribution in [3.63, 3.8) is 0 Å². The Hall–Kier alpha value is -2.11. The van der Waals surface area contributed by atoms with Gasteiger partial charge >= 0.3 is 12.1 Å². The highest BCUT2D eigenvalue weighted by Crippen LogP contribution is 2.25. The largest absolute Gasteiger partial charge is 0.459 e. The van der Waals surface area contributed by atoms with E-state index in [1.54, 1.807) is 32.9 Å². The minimum Gasteiger partial charge on any atom is -0.459 e. The van der Waals surface area contributed by atoms with E-state index in [1.165, 1.54) is 0 Å². The number of hydrogen-bond donors (Lipinski definition) is 0. The van der Waals surface area contributed by atoms with Crippen LogP contribution in [0.4, 0.5) is 9.18 Å². The average Bonchev–Trinajstić information content (AvgIpc) is 2.86. The molecule has 6 heteroatoms. The first kappa shape index (κ1) is 17.2. The monoisotopic (exact) mass is 323 g/mol. The first-order valence-corrected chi connectivity index (χ1v) is 7.62.